The molecule has 8 nitrogen and oxygen atoms in total. The summed E-state index contributed by atoms with van der Waals surface area (Å²) in [5, 5.41) is 0. The van der Waals surface area contributed by atoms with Gasteiger partial charge in [-0.25, -0.2) is 4.79 Å². The maximum atomic E-state index is 13.6. The highest BCUT2D eigenvalue weighted by molar-refractivity contribution is 5.97. The lowest BCUT2D eigenvalue weighted by molar-refractivity contribution is 0.0725. The average molecular weight is 699 g/mol. The van der Waals surface area contributed by atoms with Crippen LogP contribution < -0.4 is 33.2 Å². The molecule has 0 atom stereocenters. The summed E-state index contributed by atoms with van der Waals surface area (Å²) in [7, 11) is 0. The van der Waals surface area contributed by atoms with Crippen LogP contribution >= 0.6 is 0 Å². The molecule has 0 aromatic heterocycles. The van der Waals surface area contributed by atoms with Crippen molar-refractivity contribution in [2.75, 3.05) is 39.6 Å². The van der Waals surface area contributed by atoms with Crippen LogP contribution in [-0.2, 0) is 0 Å². The van der Waals surface area contributed by atoms with Gasteiger partial charge in [0.1, 0.15) is 45.8 Å². The summed E-state index contributed by atoms with van der Waals surface area (Å²) in [5.41, 5.74) is 4.13. The zero-order valence-electron chi connectivity index (χ0n) is 31.2. The molecule has 0 N–H and O–H groups in total. The standard InChI is InChI=1S/C43H54O8/c1-7-21-45-35-27-37(47-23-9-3)41(38(28-35)48-24-10-4)33-15-13-31(14-16-33)32-17-19-34(20-18-32)51-43(44)42-39(49-25-11-5)29-36(46-22-8-2)30-40(42)50-26-12-6/h13-20,27-30H,7-12,21-26H2,1-6H3. The minimum Gasteiger partial charge on any atom is -0.493 e. The van der Waals surface area contributed by atoms with E-state index in [4.69, 9.17) is 33.2 Å². The number of carbonyl (C=O) groups excluding carboxylic acids is 1. The van der Waals surface area contributed by atoms with Crippen molar-refractivity contribution in [3.05, 3.63) is 78.4 Å². The van der Waals surface area contributed by atoms with Crippen LogP contribution in [0.5, 0.6) is 40.2 Å². The lowest BCUT2D eigenvalue weighted by Crippen LogP contribution is -2.14. The highest BCUT2D eigenvalue weighted by Gasteiger charge is 2.24. The van der Waals surface area contributed by atoms with Crippen LogP contribution in [0.3, 0.4) is 0 Å². The molecule has 0 aliphatic heterocycles. The number of hydrogen-bond acceptors (Lipinski definition) is 8. The molecule has 0 spiro atoms. The molecule has 0 radical (unpaired) electrons. The Balaban J connectivity index is 1.59. The molecule has 0 bridgehead atoms. The molecule has 0 aliphatic carbocycles. The van der Waals surface area contributed by atoms with E-state index in [-0.39, 0.29) is 5.56 Å². The van der Waals surface area contributed by atoms with Crippen LogP contribution in [0, 0.1) is 0 Å². The molecule has 0 aliphatic rings. The van der Waals surface area contributed by atoms with Gasteiger partial charge in [-0.05, 0) is 67.3 Å². The van der Waals surface area contributed by atoms with Crippen molar-refractivity contribution < 1.29 is 38.0 Å². The smallest absolute Gasteiger partial charge is 0.351 e. The van der Waals surface area contributed by atoms with Gasteiger partial charge in [-0.3, -0.25) is 0 Å². The molecule has 0 heterocycles. The summed E-state index contributed by atoms with van der Waals surface area (Å²) in [6.07, 6.45) is 5.10. The van der Waals surface area contributed by atoms with Crippen LogP contribution in [0.1, 0.15) is 90.4 Å². The van der Waals surface area contributed by atoms with Crippen LogP contribution in [0.25, 0.3) is 22.3 Å². The summed E-state index contributed by atoms with van der Waals surface area (Å²) in [4.78, 5) is 13.6. The Kier molecular flexibility index (Phi) is 15.8. The molecule has 8 heteroatoms. The van der Waals surface area contributed by atoms with Crippen LogP contribution in [-0.4, -0.2) is 45.6 Å². The summed E-state index contributed by atoms with van der Waals surface area (Å²) < 4.78 is 42.2. The lowest BCUT2D eigenvalue weighted by atomic mass is 9.98. The molecule has 0 saturated heterocycles. The minimum absolute atomic E-state index is 0.245. The first-order chi connectivity index (χ1) is 25.0. The Morgan fingerprint density at radius 2 is 0.745 bits per heavy atom. The fraction of sp³-hybridized carbons (Fsp3) is 0.419. The Morgan fingerprint density at radius 1 is 0.412 bits per heavy atom. The zero-order chi connectivity index (χ0) is 36.4. The van der Waals surface area contributed by atoms with Crippen molar-refractivity contribution in [2.24, 2.45) is 0 Å². The average Bonchev–Trinajstić information content (AvgIpc) is 3.16. The number of hydrogen-bond donors (Lipinski definition) is 0. The number of esters is 1. The van der Waals surface area contributed by atoms with E-state index < -0.39 is 5.97 Å². The summed E-state index contributed by atoms with van der Waals surface area (Å²) in [6.45, 7) is 15.6. The van der Waals surface area contributed by atoms with Gasteiger partial charge in [-0.15, -0.1) is 0 Å². The maximum absolute atomic E-state index is 13.6. The second-order valence-electron chi connectivity index (χ2n) is 12.2. The third-order valence-electron chi connectivity index (χ3n) is 7.65. The van der Waals surface area contributed by atoms with Crippen molar-refractivity contribution in [2.45, 2.75) is 80.1 Å². The first kappa shape index (κ1) is 38.9. The normalized spacial score (nSPS) is 10.8. The molecule has 0 fully saturated rings. The second-order valence-corrected chi connectivity index (χ2v) is 12.2. The van der Waals surface area contributed by atoms with Gasteiger partial charge in [-0.2, -0.15) is 0 Å². The molecule has 4 aromatic carbocycles. The number of rotatable bonds is 22. The molecular formula is C43H54O8. The zero-order valence-corrected chi connectivity index (χ0v) is 31.2. The van der Waals surface area contributed by atoms with E-state index in [0.717, 1.165) is 78.0 Å². The third kappa shape index (κ3) is 11.1. The SMILES string of the molecule is CCCOc1cc(OCCC)c(C(=O)Oc2ccc(-c3ccc(-c4c(OCCC)cc(OCCC)cc4OCCC)cc3)cc2)c(OCCC)c1. The van der Waals surface area contributed by atoms with E-state index in [1.165, 1.54) is 0 Å². The summed E-state index contributed by atoms with van der Waals surface area (Å²) in [6, 6.07) is 23.1. The number of carbonyl (C=O) groups is 1. The van der Waals surface area contributed by atoms with Crippen LogP contribution in [0.4, 0.5) is 0 Å². The Hall–Kier alpha value is -4.85. The molecule has 4 rings (SSSR count). The summed E-state index contributed by atoms with van der Waals surface area (Å²) >= 11 is 0. The molecule has 274 valence electrons. The van der Waals surface area contributed by atoms with E-state index in [0.29, 0.717) is 62.6 Å². The molecule has 0 amide bonds. The van der Waals surface area contributed by atoms with Gasteiger partial charge in [0, 0.05) is 24.3 Å². The lowest BCUT2D eigenvalue weighted by Gasteiger charge is -2.19. The molecule has 51 heavy (non-hydrogen) atoms. The fourth-order valence-electron chi connectivity index (χ4n) is 5.23. The van der Waals surface area contributed by atoms with Gasteiger partial charge < -0.3 is 33.2 Å². The van der Waals surface area contributed by atoms with E-state index in [1.807, 2.05) is 45.0 Å². The van der Waals surface area contributed by atoms with E-state index in [2.05, 4.69) is 45.0 Å². The predicted octanol–water partition coefficient (Wildman–Crippen LogP) is 11.0. The monoisotopic (exact) mass is 698 g/mol. The predicted molar refractivity (Wildman–Crippen MR) is 203 cm³/mol. The Labute approximate surface area is 303 Å². The van der Waals surface area contributed by atoms with Crippen molar-refractivity contribution in [3.63, 3.8) is 0 Å². The van der Waals surface area contributed by atoms with Gasteiger partial charge in [0.15, 0.2) is 0 Å². The molecular weight excluding hydrogens is 644 g/mol. The van der Waals surface area contributed by atoms with Crippen molar-refractivity contribution in [3.8, 4) is 62.5 Å². The second kappa shape index (κ2) is 20.7. The van der Waals surface area contributed by atoms with E-state index >= 15 is 0 Å². The van der Waals surface area contributed by atoms with Crippen LogP contribution in [0.2, 0.25) is 0 Å². The van der Waals surface area contributed by atoms with E-state index in [1.54, 1.807) is 24.3 Å². The minimum atomic E-state index is -0.556. The van der Waals surface area contributed by atoms with Crippen molar-refractivity contribution in [1.82, 2.24) is 0 Å². The third-order valence-corrected chi connectivity index (χ3v) is 7.65. The topological polar surface area (TPSA) is 81.7 Å². The fourth-order valence-corrected chi connectivity index (χ4v) is 5.23. The largest absolute Gasteiger partial charge is 0.493 e. The molecule has 0 unspecified atom stereocenters. The molecule has 4 aromatic rings. The highest BCUT2D eigenvalue weighted by Crippen LogP contribution is 2.43. The molecule has 0 saturated carbocycles. The first-order valence-electron chi connectivity index (χ1n) is 18.5. The van der Waals surface area contributed by atoms with Crippen LogP contribution in [0.15, 0.2) is 72.8 Å². The maximum Gasteiger partial charge on any atom is 0.351 e. The van der Waals surface area contributed by atoms with Crippen molar-refractivity contribution >= 4 is 5.97 Å². The van der Waals surface area contributed by atoms with E-state index in [9.17, 15) is 4.79 Å². The quantitative estimate of drug-likeness (QED) is 0.0592. The highest BCUT2D eigenvalue weighted by atomic mass is 16.5. The van der Waals surface area contributed by atoms with Gasteiger partial charge in [-0.1, -0.05) is 77.9 Å². The Bertz CT molecular complexity index is 1590. The van der Waals surface area contributed by atoms with Crippen molar-refractivity contribution in [1.29, 1.82) is 0 Å². The Morgan fingerprint density at radius 3 is 1.16 bits per heavy atom. The van der Waals surface area contributed by atoms with Gasteiger partial charge in [0.2, 0.25) is 0 Å². The van der Waals surface area contributed by atoms with Gasteiger partial charge in [0.25, 0.3) is 0 Å². The first-order valence-corrected chi connectivity index (χ1v) is 18.5. The number of benzene rings is 4. The number of ether oxygens (including phenoxy) is 7. The van der Waals surface area contributed by atoms with Gasteiger partial charge >= 0.3 is 5.97 Å². The summed E-state index contributed by atoms with van der Waals surface area (Å²) in [5.74, 6) is 3.43. The van der Waals surface area contributed by atoms with Gasteiger partial charge in [0.05, 0.1) is 45.2 Å².